The van der Waals surface area contributed by atoms with E-state index >= 15 is 0 Å². The zero-order valence-corrected chi connectivity index (χ0v) is 7.99. The van der Waals surface area contributed by atoms with Crippen molar-refractivity contribution in [1.29, 1.82) is 0 Å². The van der Waals surface area contributed by atoms with Crippen LogP contribution in [0.15, 0.2) is 12.1 Å². The largest absolute Gasteiger partial charge is 0.508 e. The SMILES string of the molecule is NCC(O)c1cc(O)cc(C(F)(F)F)c1O. The minimum Gasteiger partial charge on any atom is -0.508 e. The van der Waals surface area contributed by atoms with Gasteiger partial charge in [0.1, 0.15) is 17.1 Å². The number of aliphatic hydroxyl groups is 1. The van der Waals surface area contributed by atoms with Gasteiger partial charge in [-0.3, -0.25) is 0 Å². The number of hydrogen-bond acceptors (Lipinski definition) is 4. The molecule has 0 saturated carbocycles. The number of aromatic hydroxyl groups is 2. The lowest BCUT2D eigenvalue weighted by molar-refractivity contribution is -0.139. The Morgan fingerprint density at radius 2 is 1.81 bits per heavy atom. The van der Waals surface area contributed by atoms with Gasteiger partial charge >= 0.3 is 6.18 Å². The summed E-state index contributed by atoms with van der Waals surface area (Å²) in [5.74, 6) is -1.82. The second kappa shape index (κ2) is 4.18. The molecule has 1 aromatic rings. The van der Waals surface area contributed by atoms with Gasteiger partial charge in [0.05, 0.1) is 6.10 Å². The Bertz CT molecular complexity index is 392. The first kappa shape index (κ1) is 12.6. The smallest absolute Gasteiger partial charge is 0.420 e. The van der Waals surface area contributed by atoms with Crippen molar-refractivity contribution in [3.05, 3.63) is 23.3 Å². The van der Waals surface area contributed by atoms with E-state index in [4.69, 9.17) is 10.8 Å². The number of rotatable bonds is 2. The standard InChI is InChI=1S/C9H10F3NO3/c10-9(11,12)6-2-4(14)1-5(8(6)16)7(15)3-13/h1-2,7,14-16H,3,13H2. The molecule has 7 heteroatoms. The molecule has 0 spiro atoms. The van der Waals surface area contributed by atoms with Crippen molar-refractivity contribution < 1.29 is 28.5 Å². The highest BCUT2D eigenvalue weighted by molar-refractivity contribution is 5.48. The van der Waals surface area contributed by atoms with Gasteiger partial charge in [0.25, 0.3) is 0 Å². The van der Waals surface area contributed by atoms with Crippen LogP contribution in [0.2, 0.25) is 0 Å². The van der Waals surface area contributed by atoms with Crippen molar-refractivity contribution in [3.8, 4) is 11.5 Å². The summed E-state index contributed by atoms with van der Waals surface area (Å²) in [6.07, 6.45) is -6.28. The Balaban J connectivity index is 3.38. The number of phenolic OH excluding ortho intramolecular Hbond substituents is 2. The van der Waals surface area contributed by atoms with Crippen molar-refractivity contribution in [2.75, 3.05) is 6.54 Å². The molecule has 4 nitrogen and oxygen atoms in total. The summed E-state index contributed by atoms with van der Waals surface area (Å²) < 4.78 is 37.2. The van der Waals surface area contributed by atoms with E-state index < -0.39 is 34.9 Å². The van der Waals surface area contributed by atoms with Crippen LogP contribution >= 0.6 is 0 Å². The number of nitrogens with two attached hydrogens (primary N) is 1. The number of hydrogen-bond donors (Lipinski definition) is 4. The fourth-order valence-electron chi connectivity index (χ4n) is 1.24. The van der Waals surface area contributed by atoms with Crippen molar-refractivity contribution in [2.24, 2.45) is 5.73 Å². The number of alkyl halides is 3. The first-order valence-electron chi connectivity index (χ1n) is 4.28. The van der Waals surface area contributed by atoms with Gasteiger partial charge in [-0.05, 0) is 12.1 Å². The summed E-state index contributed by atoms with van der Waals surface area (Å²) in [6, 6.07) is 1.21. The first-order valence-corrected chi connectivity index (χ1v) is 4.28. The summed E-state index contributed by atoms with van der Waals surface area (Å²) in [5, 5.41) is 27.6. The highest BCUT2D eigenvalue weighted by atomic mass is 19.4. The molecular formula is C9H10F3NO3. The summed E-state index contributed by atoms with van der Waals surface area (Å²) in [5.41, 5.74) is 3.20. The number of aliphatic hydroxyl groups excluding tert-OH is 1. The van der Waals surface area contributed by atoms with Gasteiger partial charge in [-0.25, -0.2) is 0 Å². The quantitative estimate of drug-likeness (QED) is 0.580. The monoisotopic (exact) mass is 237 g/mol. The van der Waals surface area contributed by atoms with Crippen LogP contribution in [-0.2, 0) is 6.18 Å². The average molecular weight is 237 g/mol. The molecule has 0 fully saturated rings. The van der Waals surface area contributed by atoms with Gasteiger partial charge in [0.2, 0.25) is 0 Å². The lowest BCUT2D eigenvalue weighted by Gasteiger charge is -2.15. The third kappa shape index (κ3) is 2.37. The summed E-state index contributed by atoms with van der Waals surface area (Å²) in [4.78, 5) is 0. The van der Waals surface area contributed by atoms with Crippen molar-refractivity contribution in [1.82, 2.24) is 0 Å². The molecule has 0 heterocycles. The van der Waals surface area contributed by atoms with Gasteiger partial charge in [-0.2, -0.15) is 13.2 Å². The van der Waals surface area contributed by atoms with Crippen LogP contribution in [0.3, 0.4) is 0 Å². The maximum absolute atomic E-state index is 12.4. The maximum Gasteiger partial charge on any atom is 0.420 e. The van der Waals surface area contributed by atoms with Gasteiger partial charge in [-0.15, -0.1) is 0 Å². The Morgan fingerprint density at radius 3 is 2.25 bits per heavy atom. The van der Waals surface area contributed by atoms with Crippen LogP contribution < -0.4 is 5.73 Å². The summed E-state index contributed by atoms with van der Waals surface area (Å²) in [7, 11) is 0. The van der Waals surface area contributed by atoms with E-state index in [1.807, 2.05) is 0 Å². The van der Waals surface area contributed by atoms with Gasteiger partial charge < -0.3 is 21.1 Å². The maximum atomic E-state index is 12.4. The predicted octanol–water partition coefficient (Wildman–Crippen LogP) is 1.11. The van der Waals surface area contributed by atoms with E-state index in [0.717, 1.165) is 6.07 Å². The topological polar surface area (TPSA) is 86.7 Å². The number of benzene rings is 1. The minimum atomic E-state index is -4.81. The third-order valence-corrected chi connectivity index (χ3v) is 2.01. The Hall–Kier alpha value is -1.47. The molecule has 0 radical (unpaired) electrons. The Labute approximate surface area is 88.7 Å². The molecule has 1 unspecified atom stereocenters. The second-order valence-electron chi connectivity index (χ2n) is 3.18. The lowest BCUT2D eigenvalue weighted by atomic mass is 10.0. The van der Waals surface area contributed by atoms with E-state index in [0.29, 0.717) is 6.07 Å². The zero-order valence-electron chi connectivity index (χ0n) is 7.99. The molecule has 5 N–H and O–H groups in total. The van der Waals surface area contributed by atoms with Crippen LogP contribution in [0.5, 0.6) is 11.5 Å². The van der Waals surface area contributed by atoms with Crippen molar-refractivity contribution in [2.45, 2.75) is 12.3 Å². The molecule has 0 aliphatic rings. The second-order valence-corrected chi connectivity index (χ2v) is 3.18. The molecule has 90 valence electrons. The summed E-state index contributed by atoms with van der Waals surface area (Å²) >= 11 is 0. The van der Waals surface area contributed by atoms with E-state index in [9.17, 15) is 23.4 Å². The number of phenols is 2. The van der Waals surface area contributed by atoms with E-state index in [-0.39, 0.29) is 6.54 Å². The molecule has 0 aliphatic heterocycles. The molecule has 0 amide bonds. The highest BCUT2D eigenvalue weighted by Crippen LogP contribution is 2.41. The van der Waals surface area contributed by atoms with Gasteiger partial charge in [0.15, 0.2) is 0 Å². The molecule has 0 aromatic heterocycles. The minimum absolute atomic E-state index is 0.367. The van der Waals surface area contributed by atoms with E-state index in [1.54, 1.807) is 0 Å². The predicted molar refractivity (Wildman–Crippen MR) is 48.8 cm³/mol. The molecule has 0 bridgehead atoms. The molecule has 0 aliphatic carbocycles. The fourth-order valence-corrected chi connectivity index (χ4v) is 1.24. The summed E-state index contributed by atoms with van der Waals surface area (Å²) in [6.45, 7) is -0.367. The van der Waals surface area contributed by atoms with Gasteiger partial charge in [0, 0.05) is 12.1 Å². The van der Waals surface area contributed by atoms with Crippen LogP contribution in [0.4, 0.5) is 13.2 Å². The lowest BCUT2D eigenvalue weighted by Crippen LogP contribution is -2.14. The average Bonchev–Trinajstić information content (AvgIpc) is 2.18. The highest BCUT2D eigenvalue weighted by Gasteiger charge is 2.36. The third-order valence-electron chi connectivity index (χ3n) is 2.01. The molecule has 16 heavy (non-hydrogen) atoms. The van der Waals surface area contributed by atoms with Crippen LogP contribution in [0.25, 0.3) is 0 Å². The Morgan fingerprint density at radius 1 is 1.25 bits per heavy atom. The van der Waals surface area contributed by atoms with Crippen LogP contribution in [0, 0.1) is 0 Å². The molecule has 1 aromatic carbocycles. The van der Waals surface area contributed by atoms with E-state index in [2.05, 4.69) is 0 Å². The van der Waals surface area contributed by atoms with E-state index in [1.165, 1.54) is 0 Å². The molecule has 1 rings (SSSR count). The van der Waals surface area contributed by atoms with Crippen molar-refractivity contribution >= 4 is 0 Å². The fraction of sp³-hybridized carbons (Fsp3) is 0.333. The van der Waals surface area contributed by atoms with Crippen LogP contribution in [0.1, 0.15) is 17.2 Å². The van der Waals surface area contributed by atoms with Crippen LogP contribution in [-0.4, -0.2) is 21.9 Å². The molecular weight excluding hydrogens is 227 g/mol. The zero-order chi connectivity index (χ0) is 12.5. The normalized spacial score (nSPS) is 13.8. The van der Waals surface area contributed by atoms with Gasteiger partial charge in [-0.1, -0.05) is 0 Å². The first-order chi connectivity index (χ1) is 7.27. The van der Waals surface area contributed by atoms with Crippen molar-refractivity contribution in [3.63, 3.8) is 0 Å². The number of halogens is 3. The molecule has 1 atom stereocenters. The molecule has 0 saturated heterocycles. The Kier molecular flexibility index (Phi) is 3.30.